The first-order valence-corrected chi connectivity index (χ1v) is 14.2. The van der Waals surface area contributed by atoms with Gasteiger partial charge in [0.2, 0.25) is 5.95 Å². The number of benzene rings is 1. The maximum absolute atomic E-state index is 5.93. The van der Waals surface area contributed by atoms with Gasteiger partial charge < -0.3 is 15.4 Å². The van der Waals surface area contributed by atoms with Crippen LogP contribution in [0.4, 0.5) is 11.6 Å². The van der Waals surface area contributed by atoms with Gasteiger partial charge in [0.1, 0.15) is 11.4 Å². The molecule has 0 aliphatic heterocycles. The molecule has 7 nitrogen and oxygen atoms in total. The van der Waals surface area contributed by atoms with Gasteiger partial charge in [0.05, 0.1) is 23.4 Å². The number of rotatable bonds is 9. The highest BCUT2D eigenvalue weighted by Gasteiger charge is 2.21. The molecule has 3 aromatic heterocycles. The number of hydrogen-bond acceptors (Lipinski definition) is 6. The lowest BCUT2D eigenvalue weighted by Crippen LogP contribution is -2.16. The molecule has 0 saturated heterocycles. The van der Waals surface area contributed by atoms with Gasteiger partial charge >= 0.3 is 0 Å². The molecule has 0 radical (unpaired) electrons. The van der Waals surface area contributed by atoms with Crippen molar-refractivity contribution in [3.63, 3.8) is 0 Å². The smallest absolute Gasteiger partial charge is 0.223 e. The summed E-state index contributed by atoms with van der Waals surface area (Å²) in [6.07, 6.45) is 13.9. The number of fused-ring (bicyclic) bond motifs is 1. The van der Waals surface area contributed by atoms with Gasteiger partial charge in [-0.2, -0.15) is 5.10 Å². The van der Waals surface area contributed by atoms with Crippen molar-refractivity contribution in [2.45, 2.75) is 77.3 Å². The fourth-order valence-corrected chi connectivity index (χ4v) is 5.69. The van der Waals surface area contributed by atoms with E-state index in [-0.39, 0.29) is 0 Å². The van der Waals surface area contributed by atoms with Crippen molar-refractivity contribution in [2.24, 2.45) is 5.92 Å². The topological polar surface area (TPSA) is 76.4 Å². The lowest BCUT2D eigenvalue weighted by Gasteiger charge is -2.14. The zero-order valence-electron chi connectivity index (χ0n) is 22.5. The van der Waals surface area contributed by atoms with Crippen molar-refractivity contribution < 1.29 is 4.74 Å². The number of nitrogens with zero attached hydrogens (tertiary/aromatic N) is 4. The molecule has 0 bridgehead atoms. The molecule has 2 fully saturated rings. The maximum Gasteiger partial charge on any atom is 0.223 e. The Kier molecular flexibility index (Phi) is 7.16. The van der Waals surface area contributed by atoms with Gasteiger partial charge in [0, 0.05) is 35.7 Å². The lowest BCUT2D eigenvalue weighted by atomic mass is 10.0. The normalized spacial score (nSPS) is 16.5. The molecule has 0 spiro atoms. The fourth-order valence-electron chi connectivity index (χ4n) is 5.69. The number of pyridine rings is 1. The summed E-state index contributed by atoms with van der Waals surface area (Å²) in [5.74, 6) is 2.05. The highest BCUT2D eigenvalue weighted by Crippen LogP contribution is 2.36. The standard InChI is InChI=1S/C31H38N6O/c1-21(2)20-38-26-13-11-22(12-14-26)30-29(27-15-17-32-31(35-27)34-24-9-5-6-10-24)28-19-25(16-18-37(28)36-30)33-23-7-3-4-8-23/h11-19,21,23-24,33H,3-10,20H2,1-2H3,(H,32,34,35). The van der Waals surface area contributed by atoms with Crippen LogP contribution in [0.5, 0.6) is 5.75 Å². The third-order valence-electron chi connectivity index (χ3n) is 7.67. The summed E-state index contributed by atoms with van der Waals surface area (Å²) >= 11 is 0. The summed E-state index contributed by atoms with van der Waals surface area (Å²) in [5, 5.41) is 12.3. The second-order valence-corrected chi connectivity index (χ2v) is 11.2. The molecule has 2 N–H and O–H groups in total. The van der Waals surface area contributed by atoms with Crippen molar-refractivity contribution in [2.75, 3.05) is 17.2 Å². The predicted molar refractivity (Wildman–Crippen MR) is 154 cm³/mol. The van der Waals surface area contributed by atoms with E-state index in [1.165, 1.54) is 51.4 Å². The van der Waals surface area contributed by atoms with E-state index in [0.29, 0.717) is 30.6 Å². The number of nitrogens with one attached hydrogen (secondary N) is 2. The molecule has 6 rings (SSSR count). The Morgan fingerprint density at radius 1 is 0.921 bits per heavy atom. The van der Waals surface area contributed by atoms with Crippen molar-refractivity contribution >= 4 is 17.2 Å². The zero-order chi connectivity index (χ0) is 25.9. The van der Waals surface area contributed by atoms with E-state index in [1.807, 2.05) is 28.9 Å². The fraction of sp³-hybridized carbons (Fsp3) is 0.452. The largest absolute Gasteiger partial charge is 0.493 e. The molecule has 0 unspecified atom stereocenters. The third-order valence-corrected chi connectivity index (χ3v) is 7.67. The summed E-state index contributed by atoms with van der Waals surface area (Å²) in [6, 6.07) is 15.6. The number of anilines is 2. The molecule has 1 aromatic carbocycles. The molecular formula is C31H38N6O. The summed E-state index contributed by atoms with van der Waals surface area (Å²) in [7, 11) is 0. The molecule has 38 heavy (non-hydrogen) atoms. The minimum absolute atomic E-state index is 0.453. The number of hydrogen-bond donors (Lipinski definition) is 2. The molecule has 4 aromatic rings. The average Bonchev–Trinajstić information content (AvgIpc) is 3.70. The Bertz CT molecular complexity index is 1370. The van der Waals surface area contributed by atoms with Crippen LogP contribution in [-0.4, -0.2) is 38.3 Å². The maximum atomic E-state index is 5.93. The third kappa shape index (κ3) is 5.47. The van der Waals surface area contributed by atoms with Gasteiger partial charge in [0.25, 0.3) is 0 Å². The Balaban J connectivity index is 1.40. The highest BCUT2D eigenvalue weighted by atomic mass is 16.5. The van der Waals surface area contributed by atoms with Gasteiger partial charge in [-0.15, -0.1) is 0 Å². The predicted octanol–water partition coefficient (Wildman–Crippen LogP) is 7.20. The first-order valence-electron chi connectivity index (χ1n) is 14.2. The molecule has 3 heterocycles. The van der Waals surface area contributed by atoms with E-state index in [9.17, 15) is 0 Å². The van der Waals surface area contributed by atoms with Gasteiger partial charge in [-0.3, -0.25) is 0 Å². The zero-order valence-corrected chi connectivity index (χ0v) is 22.5. The second-order valence-electron chi connectivity index (χ2n) is 11.2. The van der Waals surface area contributed by atoms with Crippen molar-refractivity contribution in [1.29, 1.82) is 0 Å². The van der Waals surface area contributed by atoms with Crippen LogP contribution in [0.1, 0.15) is 65.2 Å². The van der Waals surface area contributed by atoms with Crippen LogP contribution in [0, 0.1) is 5.92 Å². The highest BCUT2D eigenvalue weighted by molar-refractivity contribution is 5.92. The van der Waals surface area contributed by atoms with E-state index >= 15 is 0 Å². The van der Waals surface area contributed by atoms with Crippen LogP contribution < -0.4 is 15.4 Å². The minimum atomic E-state index is 0.453. The summed E-state index contributed by atoms with van der Waals surface area (Å²) in [6.45, 7) is 5.02. The van der Waals surface area contributed by atoms with Gasteiger partial charge in [-0.25, -0.2) is 14.5 Å². The van der Waals surface area contributed by atoms with Gasteiger partial charge in [-0.05, 0) is 74.1 Å². The molecule has 7 heteroatoms. The van der Waals surface area contributed by atoms with Crippen LogP contribution in [0.25, 0.3) is 28.0 Å². The average molecular weight is 511 g/mol. The molecule has 2 aliphatic carbocycles. The molecule has 2 aliphatic rings. The van der Waals surface area contributed by atoms with Gasteiger partial charge in [-0.1, -0.05) is 39.5 Å². The van der Waals surface area contributed by atoms with E-state index in [1.54, 1.807) is 0 Å². The minimum Gasteiger partial charge on any atom is -0.493 e. The Labute approximate surface area is 225 Å². The number of ether oxygens (including phenoxy) is 1. The van der Waals surface area contributed by atoms with Crippen molar-refractivity contribution in [3.8, 4) is 28.3 Å². The Morgan fingerprint density at radius 2 is 1.63 bits per heavy atom. The summed E-state index contributed by atoms with van der Waals surface area (Å²) in [4.78, 5) is 9.54. The van der Waals surface area contributed by atoms with Crippen LogP contribution in [-0.2, 0) is 0 Å². The van der Waals surface area contributed by atoms with Crippen LogP contribution >= 0.6 is 0 Å². The van der Waals surface area contributed by atoms with Crippen molar-refractivity contribution in [3.05, 3.63) is 54.9 Å². The van der Waals surface area contributed by atoms with E-state index in [0.717, 1.165) is 39.5 Å². The second kappa shape index (κ2) is 11.0. The first-order chi connectivity index (χ1) is 18.6. The van der Waals surface area contributed by atoms with Crippen molar-refractivity contribution in [1.82, 2.24) is 19.6 Å². The van der Waals surface area contributed by atoms with E-state index < -0.39 is 0 Å². The van der Waals surface area contributed by atoms with E-state index in [2.05, 4.69) is 59.9 Å². The molecule has 198 valence electrons. The SMILES string of the molecule is CC(C)COc1ccc(-c2nn3ccc(NC4CCCC4)cc3c2-c2ccnc(NC3CCCC3)n2)cc1. The van der Waals surface area contributed by atoms with Gasteiger partial charge in [0.15, 0.2) is 0 Å². The molecular weight excluding hydrogens is 472 g/mol. The Morgan fingerprint density at radius 3 is 2.34 bits per heavy atom. The summed E-state index contributed by atoms with van der Waals surface area (Å²) < 4.78 is 7.90. The molecule has 0 amide bonds. The van der Waals surface area contributed by atoms with E-state index in [4.69, 9.17) is 14.8 Å². The Hall–Kier alpha value is -3.61. The first kappa shape index (κ1) is 24.7. The summed E-state index contributed by atoms with van der Waals surface area (Å²) in [5.41, 5.74) is 6.01. The molecule has 2 saturated carbocycles. The quantitative estimate of drug-likeness (QED) is 0.248. The lowest BCUT2D eigenvalue weighted by molar-refractivity contribution is 0.271. The molecule has 0 atom stereocenters. The van der Waals surface area contributed by atoms with Crippen LogP contribution in [0.3, 0.4) is 0 Å². The monoisotopic (exact) mass is 510 g/mol. The van der Waals surface area contributed by atoms with Crippen LogP contribution in [0.2, 0.25) is 0 Å². The number of aromatic nitrogens is 4. The van der Waals surface area contributed by atoms with Crippen LogP contribution in [0.15, 0.2) is 54.9 Å².